The fourth-order valence-electron chi connectivity index (χ4n) is 1.78. The van der Waals surface area contributed by atoms with E-state index >= 15 is 0 Å². The number of aldehydes is 1. The number of carbonyl (C=O) groups excluding carboxylic acids is 1. The van der Waals surface area contributed by atoms with Gasteiger partial charge in [-0.25, -0.2) is 0 Å². The predicted octanol–water partition coefficient (Wildman–Crippen LogP) is 4.46. The third kappa shape index (κ3) is 2.88. The molecule has 0 fully saturated rings. The van der Waals surface area contributed by atoms with Crippen LogP contribution in [0.25, 0.3) is 10.8 Å². The molecule has 0 aliphatic rings. The van der Waals surface area contributed by atoms with Gasteiger partial charge in [-0.1, -0.05) is 43.0 Å². The average Bonchev–Trinajstić information content (AvgIpc) is 2.36. The molecule has 0 aliphatic heterocycles. The van der Waals surface area contributed by atoms with Crippen molar-refractivity contribution in [1.29, 1.82) is 0 Å². The lowest BCUT2D eigenvalue weighted by Gasteiger charge is -2.07. The highest BCUT2D eigenvalue weighted by Gasteiger charge is 2.07. The van der Waals surface area contributed by atoms with Gasteiger partial charge in [0, 0.05) is 10.8 Å². The molecule has 94 valence electrons. The van der Waals surface area contributed by atoms with Gasteiger partial charge >= 0.3 is 0 Å². The van der Waals surface area contributed by atoms with Crippen LogP contribution in [0.2, 0.25) is 0 Å². The van der Waals surface area contributed by atoms with Gasteiger partial charge in [-0.2, -0.15) is 8.78 Å². The SMILES string of the molecule is CC(C=O)c1ccc2cc(SC(F)F)ccc2c1. The summed E-state index contributed by atoms with van der Waals surface area (Å²) >= 11 is 0.539. The van der Waals surface area contributed by atoms with E-state index in [9.17, 15) is 13.6 Å². The molecule has 0 heterocycles. The van der Waals surface area contributed by atoms with Crippen molar-refractivity contribution in [2.24, 2.45) is 0 Å². The molecule has 1 atom stereocenters. The molecule has 2 rings (SSSR count). The predicted molar refractivity (Wildman–Crippen MR) is 70.3 cm³/mol. The maximum Gasteiger partial charge on any atom is 0.288 e. The summed E-state index contributed by atoms with van der Waals surface area (Å²) in [5, 5.41) is 1.86. The van der Waals surface area contributed by atoms with E-state index in [1.54, 1.807) is 18.2 Å². The normalized spacial score (nSPS) is 12.9. The molecular weight excluding hydrogens is 254 g/mol. The van der Waals surface area contributed by atoms with Crippen LogP contribution in [0.4, 0.5) is 8.78 Å². The third-order valence-electron chi connectivity index (χ3n) is 2.79. The Kier molecular flexibility index (Phi) is 3.97. The Morgan fingerprint density at radius 1 is 1.11 bits per heavy atom. The number of thioether (sulfide) groups is 1. The number of carbonyl (C=O) groups is 1. The average molecular weight is 266 g/mol. The number of benzene rings is 2. The number of fused-ring (bicyclic) bond motifs is 1. The molecule has 0 amide bonds. The summed E-state index contributed by atoms with van der Waals surface area (Å²) in [4.78, 5) is 11.3. The topological polar surface area (TPSA) is 17.1 Å². The summed E-state index contributed by atoms with van der Waals surface area (Å²) in [6.07, 6.45) is 0.891. The summed E-state index contributed by atoms with van der Waals surface area (Å²) in [5.41, 5.74) is 0.937. The molecule has 0 saturated heterocycles. The van der Waals surface area contributed by atoms with E-state index in [4.69, 9.17) is 0 Å². The van der Waals surface area contributed by atoms with E-state index in [-0.39, 0.29) is 5.92 Å². The number of halogens is 2. The zero-order chi connectivity index (χ0) is 13.1. The van der Waals surface area contributed by atoms with Crippen LogP contribution in [0, 0.1) is 0 Å². The minimum absolute atomic E-state index is 0.149. The molecule has 0 bridgehead atoms. The van der Waals surface area contributed by atoms with Crippen LogP contribution in [0.15, 0.2) is 41.3 Å². The summed E-state index contributed by atoms with van der Waals surface area (Å²) in [7, 11) is 0. The monoisotopic (exact) mass is 266 g/mol. The molecule has 0 aliphatic carbocycles. The Morgan fingerprint density at radius 2 is 1.78 bits per heavy atom. The van der Waals surface area contributed by atoms with Crippen molar-refractivity contribution >= 4 is 28.8 Å². The van der Waals surface area contributed by atoms with Gasteiger partial charge in [-0.05, 0) is 28.5 Å². The second-order valence-corrected chi connectivity index (χ2v) is 5.14. The van der Waals surface area contributed by atoms with Crippen molar-refractivity contribution in [3.05, 3.63) is 42.0 Å². The number of alkyl halides is 2. The summed E-state index contributed by atoms with van der Waals surface area (Å²) in [6, 6.07) is 10.9. The Bertz CT molecular complexity index is 569. The second kappa shape index (κ2) is 5.48. The number of hydrogen-bond donors (Lipinski definition) is 0. The van der Waals surface area contributed by atoms with Crippen molar-refractivity contribution in [2.75, 3.05) is 0 Å². The van der Waals surface area contributed by atoms with Crippen LogP contribution in [0.1, 0.15) is 18.4 Å². The van der Waals surface area contributed by atoms with E-state index in [0.29, 0.717) is 16.7 Å². The minimum Gasteiger partial charge on any atom is -0.303 e. The standard InChI is InChI=1S/C14H12F2OS/c1-9(8-17)10-2-3-12-7-13(18-14(15)16)5-4-11(12)6-10/h2-9,14H,1H3. The highest BCUT2D eigenvalue weighted by atomic mass is 32.2. The minimum atomic E-state index is -2.41. The van der Waals surface area contributed by atoms with Crippen molar-refractivity contribution in [1.82, 2.24) is 0 Å². The first kappa shape index (κ1) is 13.0. The first-order valence-electron chi connectivity index (χ1n) is 5.54. The van der Waals surface area contributed by atoms with Crippen LogP contribution in [0.5, 0.6) is 0 Å². The highest BCUT2D eigenvalue weighted by molar-refractivity contribution is 7.99. The fraction of sp³-hybridized carbons (Fsp3) is 0.214. The number of rotatable bonds is 4. The summed E-state index contributed by atoms with van der Waals surface area (Å²) in [6.45, 7) is 1.83. The molecular formula is C14H12F2OS. The Labute approximate surface area is 108 Å². The van der Waals surface area contributed by atoms with E-state index in [0.717, 1.165) is 22.6 Å². The van der Waals surface area contributed by atoms with Gasteiger partial charge in [0.15, 0.2) is 0 Å². The smallest absolute Gasteiger partial charge is 0.288 e. The van der Waals surface area contributed by atoms with Crippen molar-refractivity contribution in [3.8, 4) is 0 Å². The van der Waals surface area contributed by atoms with Gasteiger partial charge in [0.1, 0.15) is 6.29 Å². The van der Waals surface area contributed by atoms with E-state index in [2.05, 4.69) is 0 Å². The lowest BCUT2D eigenvalue weighted by Crippen LogP contribution is -1.93. The van der Waals surface area contributed by atoms with E-state index in [1.165, 1.54) is 0 Å². The van der Waals surface area contributed by atoms with Gasteiger partial charge in [0.25, 0.3) is 5.76 Å². The van der Waals surface area contributed by atoms with Crippen LogP contribution in [-0.2, 0) is 4.79 Å². The zero-order valence-corrected chi connectivity index (χ0v) is 10.6. The fourth-order valence-corrected chi connectivity index (χ4v) is 2.33. The largest absolute Gasteiger partial charge is 0.303 e. The third-order valence-corrected chi connectivity index (χ3v) is 3.50. The first-order chi connectivity index (χ1) is 8.60. The van der Waals surface area contributed by atoms with Gasteiger partial charge in [-0.15, -0.1) is 0 Å². The Balaban J connectivity index is 2.38. The molecule has 2 aromatic carbocycles. The first-order valence-corrected chi connectivity index (χ1v) is 6.42. The molecule has 0 radical (unpaired) electrons. The van der Waals surface area contributed by atoms with Gasteiger partial charge < -0.3 is 4.79 Å². The molecule has 0 aromatic heterocycles. The lowest BCUT2D eigenvalue weighted by molar-refractivity contribution is -0.108. The molecule has 2 aromatic rings. The Morgan fingerprint density at radius 3 is 2.44 bits per heavy atom. The van der Waals surface area contributed by atoms with Crippen LogP contribution < -0.4 is 0 Å². The maximum absolute atomic E-state index is 12.3. The molecule has 1 unspecified atom stereocenters. The quantitative estimate of drug-likeness (QED) is 0.600. The summed E-state index contributed by atoms with van der Waals surface area (Å²) in [5.74, 6) is -2.55. The van der Waals surface area contributed by atoms with Gasteiger partial charge in [0.05, 0.1) is 0 Å². The molecule has 0 saturated carbocycles. The number of hydrogen-bond acceptors (Lipinski definition) is 2. The van der Waals surface area contributed by atoms with Crippen molar-refractivity contribution < 1.29 is 13.6 Å². The van der Waals surface area contributed by atoms with Gasteiger partial charge in [0.2, 0.25) is 0 Å². The Hall–Kier alpha value is -1.42. The highest BCUT2D eigenvalue weighted by Crippen LogP contribution is 2.29. The molecule has 1 nitrogen and oxygen atoms in total. The molecule has 18 heavy (non-hydrogen) atoms. The van der Waals surface area contributed by atoms with Crippen molar-refractivity contribution in [2.45, 2.75) is 23.5 Å². The molecule has 4 heteroatoms. The lowest BCUT2D eigenvalue weighted by atomic mass is 9.99. The van der Waals surface area contributed by atoms with Crippen LogP contribution in [-0.4, -0.2) is 12.0 Å². The molecule has 0 spiro atoms. The summed E-state index contributed by atoms with van der Waals surface area (Å²) < 4.78 is 24.5. The van der Waals surface area contributed by atoms with E-state index in [1.807, 2.05) is 25.1 Å². The van der Waals surface area contributed by atoms with E-state index < -0.39 is 5.76 Å². The van der Waals surface area contributed by atoms with Gasteiger partial charge in [-0.3, -0.25) is 0 Å². The van der Waals surface area contributed by atoms with Crippen molar-refractivity contribution in [3.63, 3.8) is 0 Å². The maximum atomic E-state index is 12.3. The zero-order valence-electron chi connectivity index (χ0n) is 9.77. The molecule has 0 N–H and O–H groups in total. The van der Waals surface area contributed by atoms with Crippen LogP contribution >= 0.6 is 11.8 Å². The second-order valence-electron chi connectivity index (χ2n) is 4.07. The van der Waals surface area contributed by atoms with Crippen LogP contribution in [0.3, 0.4) is 0 Å².